The molecule has 2 N–H and O–H groups in total. The van der Waals surface area contributed by atoms with Gasteiger partial charge in [0, 0.05) is 45.3 Å². The summed E-state index contributed by atoms with van der Waals surface area (Å²) in [6.45, 7) is 9.32. The van der Waals surface area contributed by atoms with E-state index in [9.17, 15) is 13.2 Å². The van der Waals surface area contributed by atoms with Crippen LogP contribution < -0.4 is 5.32 Å². The molecule has 9 heteroatoms. The largest absolute Gasteiger partial charge is 0.490 e. The van der Waals surface area contributed by atoms with Crippen LogP contribution >= 0.6 is 0 Å². The summed E-state index contributed by atoms with van der Waals surface area (Å²) < 4.78 is 37.0. The van der Waals surface area contributed by atoms with Crippen LogP contribution in [0.4, 0.5) is 13.2 Å². The lowest BCUT2D eigenvalue weighted by Crippen LogP contribution is -2.63. The normalized spacial score (nSPS) is 25.5. The van der Waals surface area contributed by atoms with Gasteiger partial charge in [0.25, 0.3) is 0 Å². The SMILES string of the molecule is C1NCC1N1CCN(C2COC2)CC1.O=C(O)C(F)(F)F. The van der Waals surface area contributed by atoms with Gasteiger partial charge in [0.1, 0.15) is 0 Å². The number of hydrogen-bond acceptors (Lipinski definition) is 5. The summed E-state index contributed by atoms with van der Waals surface area (Å²) in [5.41, 5.74) is 0. The summed E-state index contributed by atoms with van der Waals surface area (Å²) in [7, 11) is 0. The molecule has 0 atom stereocenters. The van der Waals surface area contributed by atoms with E-state index in [1.165, 1.54) is 39.3 Å². The Hall–Kier alpha value is -0.900. The molecule has 0 spiro atoms. The number of carboxylic acids is 1. The lowest BCUT2D eigenvalue weighted by atomic mass is 10.1. The zero-order valence-electron chi connectivity index (χ0n) is 11.6. The van der Waals surface area contributed by atoms with Gasteiger partial charge < -0.3 is 15.2 Å². The number of nitrogens with zero attached hydrogens (tertiary/aromatic N) is 2. The average molecular weight is 311 g/mol. The van der Waals surface area contributed by atoms with E-state index in [1.807, 2.05) is 0 Å². The monoisotopic (exact) mass is 311 g/mol. The van der Waals surface area contributed by atoms with Gasteiger partial charge in [-0.2, -0.15) is 13.2 Å². The fourth-order valence-electron chi connectivity index (χ4n) is 2.43. The van der Waals surface area contributed by atoms with Crippen LogP contribution in [-0.4, -0.2) is 91.6 Å². The van der Waals surface area contributed by atoms with Crippen molar-refractivity contribution in [3.63, 3.8) is 0 Å². The van der Waals surface area contributed by atoms with Crippen molar-refractivity contribution < 1.29 is 27.8 Å². The number of rotatable bonds is 2. The predicted octanol–water partition coefficient (Wildman–Crippen LogP) is -0.392. The van der Waals surface area contributed by atoms with Gasteiger partial charge in [-0.15, -0.1) is 0 Å². The maximum absolute atomic E-state index is 10.6. The highest BCUT2D eigenvalue weighted by atomic mass is 19.4. The van der Waals surface area contributed by atoms with Crippen LogP contribution in [0.15, 0.2) is 0 Å². The van der Waals surface area contributed by atoms with Crippen molar-refractivity contribution in [1.82, 2.24) is 15.1 Å². The van der Waals surface area contributed by atoms with Gasteiger partial charge in [-0.1, -0.05) is 0 Å². The first-order valence-corrected chi connectivity index (χ1v) is 6.94. The average Bonchev–Trinajstić information content (AvgIpc) is 2.26. The summed E-state index contributed by atoms with van der Waals surface area (Å²) in [4.78, 5) is 14.1. The Morgan fingerprint density at radius 3 is 1.71 bits per heavy atom. The molecule has 0 saturated carbocycles. The summed E-state index contributed by atoms with van der Waals surface area (Å²) in [5.74, 6) is -2.76. The first kappa shape index (κ1) is 16.5. The molecule has 0 aromatic carbocycles. The highest BCUT2D eigenvalue weighted by Gasteiger charge is 2.38. The summed E-state index contributed by atoms with van der Waals surface area (Å²) in [5, 5.41) is 10.5. The Labute approximate surface area is 120 Å². The molecule has 3 aliphatic heterocycles. The van der Waals surface area contributed by atoms with E-state index in [-0.39, 0.29) is 0 Å². The molecule has 0 amide bonds. The van der Waals surface area contributed by atoms with Gasteiger partial charge in [0.2, 0.25) is 0 Å². The minimum atomic E-state index is -5.08. The molecule has 6 nitrogen and oxygen atoms in total. The quantitative estimate of drug-likeness (QED) is 0.724. The topological polar surface area (TPSA) is 65.0 Å². The second-order valence-corrected chi connectivity index (χ2v) is 5.38. The molecule has 0 radical (unpaired) electrons. The number of carboxylic acid groups (broad SMARTS) is 1. The number of hydrogen-bond donors (Lipinski definition) is 2. The van der Waals surface area contributed by atoms with E-state index in [4.69, 9.17) is 14.6 Å². The van der Waals surface area contributed by atoms with Crippen LogP contribution in [0.1, 0.15) is 0 Å². The highest BCUT2D eigenvalue weighted by molar-refractivity contribution is 5.73. The molecule has 3 fully saturated rings. The Bertz CT molecular complexity index is 329. The zero-order chi connectivity index (χ0) is 15.5. The number of alkyl halides is 3. The Morgan fingerprint density at radius 1 is 1.05 bits per heavy atom. The minimum absolute atomic E-state index is 0.733. The molecule has 0 aliphatic carbocycles. The van der Waals surface area contributed by atoms with Crippen molar-refractivity contribution in [2.75, 3.05) is 52.5 Å². The van der Waals surface area contributed by atoms with Crippen LogP contribution in [0.5, 0.6) is 0 Å². The molecule has 0 aromatic rings. The van der Waals surface area contributed by atoms with E-state index < -0.39 is 12.1 Å². The maximum Gasteiger partial charge on any atom is 0.490 e. The standard InChI is InChI=1S/C10H19N3O.C2HF3O2/c1-3-13(10-7-14-8-10)4-2-12(1)9-5-11-6-9;3-2(4,5)1(6)7/h9-11H,1-8H2;(H,6,7). The number of nitrogens with one attached hydrogen (secondary N) is 1. The lowest BCUT2D eigenvalue weighted by Gasteiger charge is -2.46. The highest BCUT2D eigenvalue weighted by Crippen LogP contribution is 2.15. The summed E-state index contributed by atoms with van der Waals surface area (Å²) >= 11 is 0. The maximum atomic E-state index is 10.6. The number of ether oxygens (including phenoxy) is 1. The van der Waals surface area contributed by atoms with Crippen molar-refractivity contribution in [2.24, 2.45) is 0 Å². The minimum Gasteiger partial charge on any atom is -0.475 e. The van der Waals surface area contributed by atoms with Crippen LogP contribution in [-0.2, 0) is 9.53 Å². The third-order valence-corrected chi connectivity index (χ3v) is 4.00. The molecular weight excluding hydrogens is 291 g/mol. The van der Waals surface area contributed by atoms with Gasteiger partial charge in [-0.05, 0) is 0 Å². The Kier molecular flexibility index (Phi) is 5.42. The van der Waals surface area contributed by atoms with Crippen molar-refractivity contribution >= 4 is 5.97 Å². The van der Waals surface area contributed by atoms with Crippen LogP contribution in [0.2, 0.25) is 0 Å². The van der Waals surface area contributed by atoms with E-state index in [1.54, 1.807) is 0 Å². The van der Waals surface area contributed by atoms with Crippen LogP contribution in [0.3, 0.4) is 0 Å². The Balaban J connectivity index is 0.000000199. The fraction of sp³-hybridized carbons (Fsp3) is 0.917. The third-order valence-electron chi connectivity index (χ3n) is 4.00. The number of piperazine rings is 1. The van der Waals surface area contributed by atoms with Gasteiger partial charge in [0.05, 0.1) is 19.3 Å². The molecule has 0 aromatic heterocycles. The van der Waals surface area contributed by atoms with Crippen molar-refractivity contribution in [3.05, 3.63) is 0 Å². The van der Waals surface area contributed by atoms with Gasteiger partial charge in [0.15, 0.2) is 0 Å². The Morgan fingerprint density at radius 2 is 1.48 bits per heavy atom. The predicted molar refractivity (Wildman–Crippen MR) is 68.1 cm³/mol. The van der Waals surface area contributed by atoms with E-state index in [0.717, 1.165) is 25.3 Å². The molecule has 3 rings (SSSR count). The van der Waals surface area contributed by atoms with Gasteiger partial charge >= 0.3 is 12.1 Å². The van der Waals surface area contributed by atoms with Crippen LogP contribution in [0, 0.1) is 0 Å². The number of aliphatic carboxylic acids is 1. The zero-order valence-corrected chi connectivity index (χ0v) is 11.6. The van der Waals surface area contributed by atoms with Crippen molar-refractivity contribution in [1.29, 1.82) is 0 Å². The first-order chi connectivity index (χ1) is 9.88. The molecule has 0 bridgehead atoms. The molecule has 122 valence electrons. The van der Waals surface area contributed by atoms with Crippen LogP contribution in [0.25, 0.3) is 0 Å². The van der Waals surface area contributed by atoms with E-state index in [0.29, 0.717) is 0 Å². The second-order valence-electron chi connectivity index (χ2n) is 5.38. The van der Waals surface area contributed by atoms with Gasteiger partial charge in [-0.3, -0.25) is 9.80 Å². The number of halogens is 3. The molecule has 21 heavy (non-hydrogen) atoms. The summed E-state index contributed by atoms with van der Waals surface area (Å²) in [6.07, 6.45) is -5.08. The van der Waals surface area contributed by atoms with Crippen molar-refractivity contribution in [3.8, 4) is 0 Å². The van der Waals surface area contributed by atoms with E-state index in [2.05, 4.69) is 15.1 Å². The van der Waals surface area contributed by atoms with Crippen molar-refractivity contribution in [2.45, 2.75) is 18.3 Å². The molecule has 0 unspecified atom stereocenters. The molecular formula is C12H20F3N3O3. The summed E-state index contributed by atoms with van der Waals surface area (Å²) in [6, 6.07) is 1.56. The third kappa shape index (κ3) is 4.53. The number of carbonyl (C=O) groups is 1. The van der Waals surface area contributed by atoms with Gasteiger partial charge in [-0.25, -0.2) is 4.79 Å². The molecule has 3 saturated heterocycles. The second kappa shape index (κ2) is 6.91. The molecule has 3 heterocycles. The molecule has 3 aliphatic rings. The first-order valence-electron chi connectivity index (χ1n) is 6.94. The lowest BCUT2D eigenvalue weighted by molar-refractivity contribution is -0.192. The van der Waals surface area contributed by atoms with E-state index >= 15 is 0 Å². The fourth-order valence-corrected chi connectivity index (χ4v) is 2.43. The smallest absolute Gasteiger partial charge is 0.475 e.